The van der Waals surface area contributed by atoms with E-state index in [0.717, 1.165) is 10.9 Å². The van der Waals surface area contributed by atoms with Gasteiger partial charge >= 0.3 is 5.97 Å². The van der Waals surface area contributed by atoms with Crippen LogP contribution in [0.25, 0.3) is 10.9 Å². The molecule has 0 unspecified atom stereocenters. The van der Waals surface area contributed by atoms with E-state index in [1.54, 1.807) is 25.3 Å². The number of aromatic carboxylic acids is 1. The molecular weight excluding hydrogens is 222 g/mol. The van der Waals surface area contributed by atoms with Crippen molar-refractivity contribution in [1.82, 2.24) is 4.98 Å². The summed E-state index contributed by atoms with van der Waals surface area (Å²) in [4.78, 5) is 13.6. The van der Waals surface area contributed by atoms with E-state index < -0.39 is 5.97 Å². The number of carbonyl (C=O) groups is 1. The van der Waals surface area contributed by atoms with E-state index in [2.05, 4.69) is 4.98 Å². The van der Waals surface area contributed by atoms with Crippen LogP contribution < -0.4 is 4.74 Å². The molecule has 1 aromatic carbocycles. The summed E-state index contributed by atoms with van der Waals surface area (Å²) >= 11 is 0. The molecule has 1 heterocycles. The molecule has 17 heavy (non-hydrogen) atoms. The number of aromatic amines is 1. The van der Waals surface area contributed by atoms with Crippen LogP contribution in [0.15, 0.2) is 24.3 Å². The highest BCUT2D eigenvalue weighted by molar-refractivity contribution is 5.94. The summed E-state index contributed by atoms with van der Waals surface area (Å²) in [6, 6.07) is 6.99. The van der Waals surface area contributed by atoms with Gasteiger partial charge in [0.05, 0.1) is 6.61 Å². The molecule has 0 fully saturated rings. The monoisotopic (exact) mass is 235 g/mol. The van der Waals surface area contributed by atoms with Gasteiger partial charge in [0.15, 0.2) is 0 Å². The third-order valence-electron chi connectivity index (χ3n) is 2.38. The summed E-state index contributed by atoms with van der Waals surface area (Å²) in [7, 11) is 1.61. The highest BCUT2D eigenvalue weighted by Gasteiger charge is 2.07. The van der Waals surface area contributed by atoms with E-state index in [1.807, 2.05) is 6.07 Å². The molecule has 90 valence electrons. The number of aromatic nitrogens is 1. The number of hydrogen-bond acceptors (Lipinski definition) is 3. The highest BCUT2D eigenvalue weighted by atomic mass is 16.5. The van der Waals surface area contributed by atoms with Crippen LogP contribution in [0, 0.1) is 0 Å². The third-order valence-corrected chi connectivity index (χ3v) is 2.38. The van der Waals surface area contributed by atoms with Gasteiger partial charge in [-0.1, -0.05) is 0 Å². The Morgan fingerprint density at radius 2 is 2.18 bits per heavy atom. The number of methoxy groups -OCH3 is 1. The number of H-pyrrole nitrogens is 1. The molecule has 5 heteroatoms. The number of hydrogen-bond donors (Lipinski definition) is 2. The zero-order valence-electron chi connectivity index (χ0n) is 9.40. The molecule has 0 aliphatic carbocycles. The second kappa shape index (κ2) is 4.88. The number of rotatable bonds is 5. The Bertz CT molecular complexity index is 532. The maximum absolute atomic E-state index is 10.8. The molecule has 0 aliphatic rings. The molecule has 0 aliphatic heterocycles. The predicted octanol–water partition coefficient (Wildman–Crippen LogP) is 1.89. The van der Waals surface area contributed by atoms with E-state index in [9.17, 15) is 4.79 Å². The number of benzene rings is 1. The van der Waals surface area contributed by atoms with Crippen LogP contribution in [0.5, 0.6) is 5.75 Å². The van der Waals surface area contributed by atoms with Crippen molar-refractivity contribution in [2.75, 3.05) is 20.3 Å². The van der Waals surface area contributed by atoms with Crippen molar-refractivity contribution in [3.63, 3.8) is 0 Å². The average Bonchev–Trinajstić information content (AvgIpc) is 2.72. The first-order valence-corrected chi connectivity index (χ1v) is 5.18. The van der Waals surface area contributed by atoms with Crippen molar-refractivity contribution in [2.24, 2.45) is 0 Å². The highest BCUT2D eigenvalue weighted by Crippen LogP contribution is 2.21. The number of carboxylic acids is 1. The van der Waals surface area contributed by atoms with E-state index in [4.69, 9.17) is 14.6 Å². The molecule has 0 spiro atoms. The first kappa shape index (κ1) is 11.5. The number of nitrogens with one attached hydrogen (secondary N) is 1. The third kappa shape index (κ3) is 2.57. The normalized spacial score (nSPS) is 10.6. The summed E-state index contributed by atoms with van der Waals surface area (Å²) in [5.41, 5.74) is 0.923. The minimum absolute atomic E-state index is 0.175. The first-order chi connectivity index (χ1) is 8.20. The Morgan fingerprint density at radius 1 is 1.35 bits per heavy atom. The Kier molecular flexibility index (Phi) is 3.30. The van der Waals surface area contributed by atoms with Crippen molar-refractivity contribution in [1.29, 1.82) is 0 Å². The molecule has 0 saturated heterocycles. The zero-order chi connectivity index (χ0) is 12.3. The van der Waals surface area contributed by atoms with E-state index in [-0.39, 0.29) is 5.69 Å². The lowest BCUT2D eigenvalue weighted by molar-refractivity contribution is 0.0691. The zero-order valence-corrected chi connectivity index (χ0v) is 9.40. The molecular formula is C12H13NO4. The molecule has 0 radical (unpaired) electrons. The van der Waals surface area contributed by atoms with Gasteiger partial charge in [0.1, 0.15) is 18.1 Å². The summed E-state index contributed by atoms with van der Waals surface area (Å²) < 4.78 is 10.3. The fourth-order valence-corrected chi connectivity index (χ4v) is 1.55. The number of carboxylic acid groups (broad SMARTS) is 1. The van der Waals surface area contributed by atoms with Crippen molar-refractivity contribution >= 4 is 16.9 Å². The molecule has 5 nitrogen and oxygen atoms in total. The molecule has 0 amide bonds. The van der Waals surface area contributed by atoms with Gasteiger partial charge in [-0.2, -0.15) is 0 Å². The maximum atomic E-state index is 10.8. The number of fused-ring (bicyclic) bond motifs is 1. The molecule has 2 N–H and O–H groups in total. The summed E-state index contributed by atoms with van der Waals surface area (Å²) in [5, 5.41) is 9.70. The van der Waals surface area contributed by atoms with Gasteiger partial charge in [-0.15, -0.1) is 0 Å². The average molecular weight is 235 g/mol. The van der Waals surface area contributed by atoms with Gasteiger partial charge in [0.2, 0.25) is 0 Å². The van der Waals surface area contributed by atoms with Crippen LogP contribution in [0.4, 0.5) is 0 Å². The SMILES string of the molecule is COCCOc1ccc2cc(C(=O)O)[nH]c2c1. The van der Waals surface area contributed by atoms with Crippen molar-refractivity contribution < 1.29 is 19.4 Å². The summed E-state index contributed by atoms with van der Waals surface area (Å²) in [6.45, 7) is 0.984. The van der Waals surface area contributed by atoms with Crippen LogP contribution in [0.1, 0.15) is 10.5 Å². The van der Waals surface area contributed by atoms with Crippen molar-refractivity contribution in [3.05, 3.63) is 30.0 Å². The Labute approximate surface area is 98.0 Å². The lowest BCUT2D eigenvalue weighted by Gasteiger charge is -2.04. The van der Waals surface area contributed by atoms with Gasteiger partial charge in [0, 0.05) is 24.1 Å². The van der Waals surface area contributed by atoms with Gasteiger partial charge in [-0.25, -0.2) is 4.79 Å². The van der Waals surface area contributed by atoms with Crippen LogP contribution in [0.3, 0.4) is 0 Å². The lowest BCUT2D eigenvalue weighted by Crippen LogP contribution is -2.03. The predicted molar refractivity (Wildman–Crippen MR) is 62.6 cm³/mol. The largest absolute Gasteiger partial charge is 0.491 e. The maximum Gasteiger partial charge on any atom is 0.352 e. The summed E-state index contributed by atoms with van der Waals surface area (Å²) in [6.07, 6.45) is 0. The van der Waals surface area contributed by atoms with Gasteiger partial charge in [-0.3, -0.25) is 0 Å². The standard InChI is InChI=1S/C12H13NO4/c1-16-4-5-17-9-3-2-8-6-11(12(14)15)13-10(8)7-9/h2-3,6-7,13H,4-5H2,1H3,(H,14,15). The fourth-order valence-electron chi connectivity index (χ4n) is 1.55. The van der Waals surface area contributed by atoms with Crippen LogP contribution in [-0.4, -0.2) is 36.4 Å². The minimum Gasteiger partial charge on any atom is -0.491 e. The van der Waals surface area contributed by atoms with Crippen molar-refractivity contribution in [2.45, 2.75) is 0 Å². The van der Waals surface area contributed by atoms with E-state index in [0.29, 0.717) is 19.0 Å². The smallest absolute Gasteiger partial charge is 0.352 e. The van der Waals surface area contributed by atoms with E-state index in [1.165, 1.54) is 0 Å². The van der Waals surface area contributed by atoms with Crippen LogP contribution >= 0.6 is 0 Å². The Morgan fingerprint density at radius 3 is 2.88 bits per heavy atom. The second-order valence-corrected chi connectivity index (χ2v) is 3.58. The second-order valence-electron chi connectivity index (χ2n) is 3.58. The number of ether oxygens (including phenoxy) is 2. The lowest BCUT2D eigenvalue weighted by atomic mass is 10.2. The van der Waals surface area contributed by atoms with Gasteiger partial charge in [0.25, 0.3) is 0 Å². The Hall–Kier alpha value is -2.01. The Balaban J connectivity index is 2.21. The van der Waals surface area contributed by atoms with E-state index >= 15 is 0 Å². The van der Waals surface area contributed by atoms with Crippen LogP contribution in [0.2, 0.25) is 0 Å². The topological polar surface area (TPSA) is 71.6 Å². The molecule has 1 aromatic heterocycles. The molecule has 2 rings (SSSR count). The van der Waals surface area contributed by atoms with Gasteiger partial charge in [-0.05, 0) is 18.2 Å². The van der Waals surface area contributed by atoms with Gasteiger partial charge < -0.3 is 19.6 Å². The first-order valence-electron chi connectivity index (χ1n) is 5.18. The molecule has 0 atom stereocenters. The molecule has 2 aromatic rings. The van der Waals surface area contributed by atoms with Crippen LogP contribution in [-0.2, 0) is 4.74 Å². The fraction of sp³-hybridized carbons (Fsp3) is 0.250. The molecule has 0 saturated carbocycles. The summed E-state index contributed by atoms with van der Waals surface area (Å²) in [5.74, 6) is -0.281. The quantitative estimate of drug-likeness (QED) is 0.776. The van der Waals surface area contributed by atoms with Crippen molar-refractivity contribution in [3.8, 4) is 5.75 Å². The minimum atomic E-state index is -0.969. The molecule has 0 bridgehead atoms.